The molecule has 0 fully saturated rings. The predicted molar refractivity (Wildman–Crippen MR) is 104 cm³/mol. The van der Waals surface area contributed by atoms with Gasteiger partial charge in [-0.1, -0.05) is 72.8 Å². The van der Waals surface area contributed by atoms with Gasteiger partial charge in [0.15, 0.2) is 0 Å². The second-order valence-corrected chi connectivity index (χ2v) is 6.17. The third-order valence-corrected chi connectivity index (χ3v) is 4.60. The number of pyridine rings is 1. The van der Waals surface area contributed by atoms with Crippen LogP contribution in [0.2, 0.25) is 0 Å². The summed E-state index contributed by atoms with van der Waals surface area (Å²) < 4.78 is 2.17. The Morgan fingerprint density at radius 2 is 1.36 bits per heavy atom. The van der Waals surface area contributed by atoms with Crippen molar-refractivity contribution >= 4 is 16.4 Å². The third kappa shape index (κ3) is 2.31. The van der Waals surface area contributed by atoms with Crippen molar-refractivity contribution in [2.24, 2.45) is 0 Å². The van der Waals surface area contributed by atoms with E-state index in [2.05, 4.69) is 83.4 Å². The number of hydrogen-bond acceptors (Lipinski definition) is 1. The van der Waals surface area contributed by atoms with Gasteiger partial charge in [0.2, 0.25) is 0 Å². The number of benzene rings is 3. The fraction of sp³-hybridized carbons (Fsp3) is 0. The molecule has 0 amide bonds. The average Bonchev–Trinajstić information content (AvgIpc) is 3.08. The summed E-state index contributed by atoms with van der Waals surface area (Å²) in [7, 11) is 0. The molecule has 2 aromatic heterocycles. The second kappa shape index (κ2) is 5.60. The highest BCUT2D eigenvalue weighted by molar-refractivity contribution is 5.90. The fourth-order valence-electron chi connectivity index (χ4n) is 3.41. The Labute approximate surface area is 146 Å². The van der Waals surface area contributed by atoms with Crippen LogP contribution < -0.4 is 0 Å². The first-order valence-electron chi connectivity index (χ1n) is 8.42. The molecule has 0 aliphatic heterocycles. The fourth-order valence-corrected chi connectivity index (χ4v) is 3.41. The molecule has 5 aromatic rings. The minimum atomic E-state index is 0.963. The van der Waals surface area contributed by atoms with Crippen molar-refractivity contribution in [1.82, 2.24) is 9.38 Å². The van der Waals surface area contributed by atoms with Crippen molar-refractivity contribution in [3.05, 3.63) is 97.2 Å². The minimum absolute atomic E-state index is 0.963. The van der Waals surface area contributed by atoms with Gasteiger partial charge >= 0.3 is 0 Å². The molecule has 5 rings (SSSR count). The van der Waals surface area contributed by atoms with E-state index in [1.807, 2.05) is 18.2 Å². The van der Waals surface area contributed by atoms with Crippen LogP contribution in [0.5, 0.6) is 0 Å². The van der Waals surface area contributed by atoms with E-state index < -0.39 is 0 Å². The highest BCUT2D eigenvalue weighted by Gasteiger charge is 2.15. The third-order valence-electron chi connectivity index (χ3n) is 4.60. The van der Waals surface area contributed by atoms with Crippen LogP contribution in [0, 0.1) is 0 Å². The van der Waals surface area contributed by atoms with Gasteiger partial charge in [-0.25, -0.2) is 4.98 Å². The van der Waals surface area contributed by atoms with Gasteiger partial charge in [0.1, 0.15) is 5.65 Å². The molecule has 0 N–H and O–H groups in total. The lowest BCUT2D eigenvalue weighted by Gasteiger charge is -2.07. The van der Waals surface area contributed by atoms with E-state index in [9.17, 15) is 0 Å². The van der Waals surface area contributed by atoms with E-state index >= 15 is 0 Å². The molecule has 2 heteroatoms. The van der Waals surface area contributed by atoms with Gasteiger partial charge in [0.05, 0.1) is 11.4 Å². The van der Waals surface area contributed by atoms with Crippen LogP contribution in [0.15, 0.2) is 97.2 Å². The van der Waals surface area contributed by atoms with Crippen LogP contribution >= 0.6 is 0 Å². The number of hydrogen-bond donors (Lipinski definition) is 0. The molecule has 2 nitrogen and oxygen atoms in total. The molecule has 0 saturated carbocycles. The van der Waals surface area contributed by atoms with Crippen LogP contribution in [0.1, 0.15) is 0 Å². The summed E-state index contributed by atoms with van der Waals surface area (Å²) >= 11 is 0. The summed E-state index contributed by atoms with van der Waals surface area (Å²) in [6.45, 7) is 0. The topological polar surface area (TPSA) is 17.3 Å². The molecule has 2 heterocycles. The molecule has 0 bridgehead atoms. The van der Waals surface area contributed by atoms with Crippen molar-refractivity contribution in [1.29, 1.82) is 0 Å². The minimum Gasteiger partial charge on any atom is -0.299 e. The smallest absolute Gasteiger partial charge is 0.137 e. The largest absolute Gasteiger partial charge is 0.299 e. The lowest BCUT2D eigenvalue weighted by atomic mass is 10.0. The molecule has 0 aliphatic rings. The molecule has 0 saturated heterocycles. The summed E-state index contributed by atoms with van der Waals surface area (Å²) in [6.07, 6.45) is 2.08. The Morgan fingerprint density at radius 1 is 0.600 bits per heavy atom. The van der Waals surface area contributed by atoms with Crippen LogP contribution in [0.4, 0.5) is 0 Å². The van der Waals surface area contributed by atoms with Gasteiger partial charge < -0.3 is 0 Å². The molecule has 0 atom stereocenters. The Bertz CT molecular complexity index is 1190. The van der Waals surface area contributed by atoms with Crippen LogP contribution in [0.3, 0.4) is 0 Å². The standard InChI is InChI=1S/C23H16N2/c1-2-9-18(10-3-1)23-22(24-21-12-6-7-15-25(21)23)20-14-13-17-8-4-5-11-19(17)16-20/h1-16H. The first-order chi connectivity index (χ1) is 12.4. The monoisotopic (exact) mass is 320 g/mol. The molecule has 0 spiro atoms. The molecular formula is C23H16N2. The van der Waals surface area contributed by atoms with Gasteiger partial charge in [0.25, 0.3) is 0 Å². The summed E-state index contributed by atoms with van der Waals surface area (Å²) in [4.78, 5) is 4.93. The zero-order valence-electron chi connectivity index (χ0n) is 13.6. The first-order valence-corrected chi connectivity index (χ1v) is 8.42. The lowest BCUT2D eigenvalue weighted by molar-refractivity contribution is 1.19. The van der Waals surface area contributed by atoms with Crippen molar-refractivity contribution in [2.75, 3.05) is 0 Å². The molecule has 0 aliphatic carbocycles. The van der Waals surface area contributed by atoms with Gasteiger partial charge in [-0.3, -0.25) is 4.40 Å². The van der Waals surface area contributed by atoms with Gasteiger partial charge in [-0.15, -0.1) is 0 Å². The Balaban J connectivity index is 1.83. The summed E-state index contributed by atoms with van der Waals surface area (Å²) in [5, 5.41) is 2.48. The lowest BCUT2D eigenvalue weighted by Crippen LogP contribution is -1.89. The first kappa shape index (κ1) is 14.0. The van der Waals surface area contributed by atoms with Gasteiger partial charge in [0, 0.05) is 17.3 Å². The highest BCUT2D eigenvalue weighted by atomic mass is 15.0. The average molecular weight is 320 g/mol. The molecule has 0 unspecified atom stereocenters. The predicted octanol–water partition coefficient (Wildman–Crippen LogP) is 5.82. The zero-order valence-corrected chi connectivity index (χ0v) is 13.6. The van der Waals surface area contributed by atoms with Gasteiger partial charge in [-0.05, 0) is 29.0 Å². The number of nitrogens with zero attached hydrogens (tertiary/aromatic N) is 2. The number of aromatic nitrogens is 2. The maximum absolute atomic E-state index is 4.93. The molecular weight excluding hydrogens is 304 g/mol. The van der Waals surface area contributed by atoms with Crippen molar-refractivity contribution in [3.63, 3.8) is 0 Å². The zero-order chi connectivity index (χ0) is 16.6. The summed E-state index contributed by atoms with van der Waals surface area (Å²) in [5.41, 5.74) is 5.42. The van der Waals surface area contributed by atoms with Crippen molar-refractivity contribution in [2.45, 2.75) is 0 Å². The second-order valence-electron chi connectivity index (χ2n) is 6.17. The number of imidazole rings is 1. The van der Waals surface area contributed by atoms with E-state index in [-0.39, 0.29) is 0 Å². The summed E-state index contributed by atoms with van der Waals surface area (Å²) in [5.74, 6) is 0. The van der Waals surface area contributed by atoms with E-state index in [1.54, 1.807) is 0 Å². The number of rotatable bonds is 2. The van der Waals surface area contributed by atoms with Crippen LogP contribution in [-0.4, -0.2) is 9.38 Å². The van der Waals surface area contributed by atoms with Gasteiger partial charge in [-0.2, -0.15) is 0 Å². The molecule has 118 valence electrons. The van der Waals surface area contributed by atoms with E-state index in [0.29, 0.717) is 0 Å². The molecule has 0 radical (unpaired) electrons. The highest BCUT2D eigenvalue weighted by Crippen LogP contribution is 2.34. The van der Waals surface area contributed by atoms with Crippen molar-refractivity contribution < 1.29 is 0 Å². The normalized spacial score (nSPS) is 11.2. The Kier molecular flexibility index (Phi) is 3.14. The van der Waals surface area contributed by atoms with Crippen LogP contribution in [0.25, 0.3) is 38.9 Å². The summed E-state index contributed by atoms with van der Waals surface area (Å²) in [6, 6.07) is 31.6. The van der Waals surface area contributed by atoms with E-state index in [0.717, 1.165) is 22.6 Å². The van der Waals surface area contributed by atoms with Crippen LogP contribution in [-0.2, 0) is 0 Å². The quantitative estimate of drug-likeness (QED) is 0.400. The number of fused-ring (bicyclic) bond motifs is 2. The maximum atomic E-state index is 4.93. The van der Waals surface area contributed by atoms with E-state index in [1.165, 1.54) is 16.3 Å². The molecule has 3 aromatic carbocycles. The molecule has 25 heavy (non-hydrogen) atoms. The Hall–Kier alpha value is -3.39. The van der Waals surface area contributed by atoms with Crippen molar-refractivity contribution in [3.8, 4) is 22.5 Å². The van der Waals surface area contributed by atoms with E-state index in [4.69, 9.17) is 4.98 Å². The Morgan fingerprint density at radius 3 is 2.24 bits per heavy atom. The SMILES string of the molecule is c1ccc(-c2c(-c3ccc4ccccc4c3)nc3ccccn23)cc1. The maximum Gasteiger partial charge on any atom is 0.137 e.